The van der Waals surface area contributed by atoms with Crippen LogP contribution in [0.5, 0.6) is 5.75 Å². The van der Waals surface area contributed by atoms with Gasteiger partial charge in [0.2, 0.25) is 0 Å². The third kappa shape index (κ3) is 7.70. The number of anilines is 1. The number of aryl methyl sites for hydroxylation is 1. The van der Waals surface area contributed by atoms with Crippen molar-refractivity contribution in [2.75, 3.05) is 10.7 Å². The summed E-state index contributed by atoms with van der Waals surface area (Å²) in [6.07, 6.45) is -0.797. The van der Waals surface area contributed by atoms with Crippen LogP contribution in [0.3, 0.4) is 0 Å². The van der Waals surface area contributed by atoms with Gasteiger partial charge in [-0.1, -0.05) is 61.2 Å². The Morgan fingerprint density at radius 1 is 1.08 bits per heavy atom. The van der Waals surface area contributed by atoms with Crippen LogP contribution in [0.4, 0.5) is 24.5 Å². The summed E-state index contributed by atoms with van der Waals surface area (Å²) in [6.45, 7) is 4.28. The van der Waals surface area contributed by atoms with Gasteiger partial charge >= 0.3 is 6.36 Å². The normalized spacial score (nSPS) is 17.6. The zero-order chi connectivity index (χ0) is 27.8. The van der Waals surface area contributed by atoms with Gasteiger partial charge in [0.25, 0.3) is 0 Å². The molecule has 1 fully saturated rings. The van der Waals surface area contributed by atoms with Gasteiger partial charge in [0.05, 0.1) is 11.9 Å². The van der Waals surface area contributed by atoms with E-state index >= 15 is 0 Å². The Bertz CT molecular complexity index is 1390. The molecule has 0 radical (unpaired) electrons. The average Bonchev–Trinajstić information content (AvgIpc) is 3.32. The van der Waals surface area contributed by atoms with Gasteiger partial charge in [-0.2, -0.15) is 5.10 Å². The van der Waals surface area contributed by atoms with Gasteiger partial charge < -0.3 is 15.4 Å². The fourth-order valence-electron chi connectivity index (χ4n) is 3.83. The lowest BCUT2D eigenvalue weighted by atomic mass is 10.1. The smallest absolute Gasteiger partial charge is 0.406 e. The van der Waals surface area contributed by atoms with Crippen molar-refractivity contribution >= 4 is 46.7 Å². The molecule has 0 saturated carbocycles. The van der Waals surface area contributed by atoms with Gasteiger partial charge in [0, 0.05) is 23.0 Å². The lowest BCUT2D eigenvalue weighted by Gasteiger charge is -2.26. The van der Waals surface area contributed by atoms with Crippen molar-refractivity contribution in [2.24, 2.45) is 25.9 Å². The number of ether oxygens (including phenoxy) is 1. The molecule has 1 atom stereocenters. The Morgan fingerprint density at radius 3 is 2.46 bits per heavy atom. The molecular formula is C28H27F3N6OS. The summed E-state index contributed by atoms with van der Waals surface area (Å²) in [4.78, 5) is 10.4. The second-order valence-corrected chi connectivity index (χ2v) is 9.57. The van der Waals surface area contributed by atoms with Gasteiger partial charge in [0.15, 0.2) is 5.17 Å². The lowest BCUT2D eigenvalue weighted by Crippen LogP contribution is -2.33. The summed E-state index contributed by atoms with van der Waals surface area (Å²) >= 11 is 1.70. The van der Waals surface area contributed by atoms with E-state index in [2.05, 4.69) is 55.8 Å². The maximum atomic E-state index is 12.3. The highest BCUT2D eigenvalue weighted by atomic mass is 32.2. The predicted molar refractivity (Wildman–Crippen MR) is 154 cm³/mol. The Labute approximate surface area is 229 Å². The van der Waals surface area contributed by atoms with E-state index in [4.69, 9.17) is 5.73 Å². The average molecular weight is 553 g/mol. The molecule has 0 aromatic heterocycles. The molecular weight excluding hydrogens is 525 g/mol. The largest absolute Gasteiger partial charge is 0.573 e. The quantitative estimate of drug-likeness (QED) is 0.192. The Morgan fingerprint density at radius 2 is 1.79 bits per heavy atom. The van der Waals surface area contributed by atoms with Gasteiger partial charge in [0.1, 0.15) is 17.9 Å². The van der Waals surface area contributed by atoms with Crippen molar-refractivity contribution in [2.45, 2.75) is 32.7 Å². The van der Waals surface area contributed by atoms with Crippen LogP contribution >= 0.6 is 11.8 Å². The first kappa shape index (κ1) is 27.9. The number of para-hydroxylation sites is 1. The number of hydrogen-bond acceptors (Lipinski definition) is 5. The molecule has 4 rings (SSSR count). The monoisotopic (exact) mass is 552 g/mol. The number of nitrogens with two attached hydrogens (primary N) is 1. The number of thioether (sulfide) groups is 1. The number of halogens is 3. The topological polar surface area (TPSA) is 87.9 Å². The maximum absolute atomic E-state index is 12.3. The van der Waals surface area contributed by atoms with Gasteiger partial charge in [-0.3, -0.25) is 0 Å². The van der Waals surface area contributed by atoms with Gasteiger partial charge in [-0.15, -0.1) is 18.3 Å². The number of benzene rings is 3. The molecule has 0 amide bonds. The summed E-state index contributed by atoms with van der Waals surface area (Å²) in [7, 11) is 0. The van der Waals surface area contributed by atoms with Gasteiger partial charge in [-0.05, 0) is 54.8 Å². The third-order valence-electron chi connectivity index (χ3n) is 5.85. The molecule has 7 nitrogen and oxygen atoms in total. The van der Waals surface area contributed by atoms with Crippen molar-refractivity contribution in [1.82, 2.24) is 0 Å². The van der Waals surface area contributed by atoms with E-state index in [1.54, 1.807) is 18.0 Å². The molecule has 1 aliphatic heterocycles. The Hall–Kier alpha value is -4.12. The van der Waals surface area contributed by atoms with Crippen LogP contribution in [0.1, 0.15) is 30.0 Å². The summed E-state index contributed by atoms with van der Waals surface area (Å²) in [5, 5.41) is 9.72. The van der Waals surface area contributed by atoms with Crippen molar-refractivity contribution < 1.29 is 17.9 Å². The highest BCUT2D eigenvalue weighted by Crippen LogP contribution is 2.33. The van der Waals surface area contributed by atoms with E-state index in [0.29, 0.717) is 17.3 Å². The van der Waals surface area contributed by atoms with Crippen LogP contribution in [0.25, 0.3) is 0 Å². The molecule has 3 aromatic rings. The van der Waals surface area contributed by atoms with Crippen LogP contribution in [0.2, 0.25) is 0 Å². The van der Waals surface area contributed by atoms with Crippen LogP contribution in [0.15, 0.2) is 93.0 Å². The predicted octanol–water partition coefficient (Wildman–Crippen LogP) is 6.68. The summed E-state index contributed by atoms with van der Waals surface area (Å²) in [6, 6.07) is 21.1. The minimum Gasteiger partial charge on any atom is -0.406 e. The summed E-state index contributed by atoms with van der Waals surface area (Å²) in [5.74, 6) is 0.879. The number of aliphatic imine (C=N–C) groups is 2. The van der Waals surface area contributed by atoms with E-state index in [0.717, 1.165) is 28.6 Å². The highest BCUT2D eigenvalue weighted by Gasteiger charge is 2.31. The Balaban J connectivity index is 1.38. The van der Waals surface area contributed by atoms with Crippen molar-refractivity contribution in [3.8, 4) is 5.75 Å². The third-order valence-corrected chi connectivity index (χ3v) is 6.94. The molecule has 202 valence electrons. The standard InChI is InChI=1S/C28H27F3N6OS/c1-3-23-17-39-27(37(23)25-7-5-4-6-19(25)2)36-35-16-20-8-10-21(11-9-20)26(32)34-18-33-22-12-14-24(15-13-22)38-28(29,30)31/h4-16,18,23H,3,17H2,1-2H3,(H2,32,33,34)/b35-16-,36-27+. The maximum Gasteiger partial charge on any atom is 0.573 e. The second-order valence-electron chi connectivity index (χ2n) is 8.58. The summed E-state index contributed by atoms with van der Waals surface area (Å²) in [5.41, 5.74) is 10.3. The van der Waals surface area contributed by atoms with E-state index in [1.165, 1.54) is 36.2 Å². The first-order chi connectivity index (χ1) is 18.7. The fourth-order valence-corrected chi connectivity index (χ4v) is 5.05. The number of amidine groups is 2. The van der Waals surface area contributed by atoms with Gasteiger partial charge in [-0.25, -0.2) is 9.98 Å². The van der Waals surface area contributed by atoms with E-state index < -0.39 is 6.36 Å². The molecule has 39 heavy (non-hydrogen) atoms. The molecule has 2 N–H and O–H groups in total. The summed E-state index contributed by atoms with van der Waals surface area (Å²) < 4.78 is 40.6. The van der Waals surface area contributed by atoms with E-state index in [-0.39, 0.29) is 11.6 Å². The molecule has 1 unspecified atom stereocenters. The molecule has 0 spiro atoms. The fraction of sp³-hybridized carbons (Fsp3) is 0.214. The lowest BCUT2D eigenvalue weighted by molar-refractivity contribution is -0.274. The second kappa shape index (κ2) is 12.6. The first-order valence-electron chi connectivity index (χ1n) is 12.1. The van der Waals surface area contributed by atoms with Crippen LogP contribution < -0.4 is 15.4 Å². The number of nitrogens with zero attached hydrogens (tertiary/aromatic N) is 5. The SMILES string of the molecule is CCC1CS/C(=N/N=C\c2ccc(C(N)=NC=Nc3ccc(OC(F)(F)F)cc3)cc2)N1c1ccccc1C. The van der Waals surface area contributed by atoms with Crippen molar-refractivity contribution in [3.05, 3.63) is 89.5 Å². The Kier molecular flexibility index (Phi) is 9.03. The molecule has 0 aliphatic carbocycles. The van der Waals surface area contributed by atoms with Crippen LogP contribution in [-0.2, 0) is 0 Å². The molecule has 11 heteroatoms. The highest BCUT2D eigenvalue weighted by molar-refractivity contribution is 8.14. The van der Waals surface area contributed by atoms with E-state index in [1.807, 2.05) is 36.4 Å². The molecule has 1 aliphatic rings. The van der Waals surface area contributed by atoms with Crippen LogP contribution in [-0.4, -0.2) is 41.7 Å². The first-order valence-corrected chi connectivity index (χ1v) is 13.1. The zero-order valence-electron chi connectivity index (χ0n) is 21.3. The zero-order valence-corrected chi connectivity index (χ0v) is 22.2. The minimum atomic E-state index is -4.74. The molecule has 1 saturated heterocycles. The van der Waals surface area contributed by atoms with Crippen LogP contribution in [0, 0.1) is 6.92 Å². The van der Waals surface area contributed by atoms with Crippen molar-refractivity contribution in [3.63, 3.8) is 0 Å². The molecule has 3 aromatic carbocycles. The molecule has 1 heterocycles. The number of rotatable bonds is 8. The number of hydrogen-bond donors (Lipinski definition) is 1. The molecule has 0 bridgehead atoms. The number of alkyl halides is 3. The van der Waals surface area contributed by atoms with E-state index in [9.17, 15) is 13.2 Å². The van der Waals surface area contributed by atoms with Crippen molar-refractivity contribution in [1.29, 1.82) is 0 Å². The minimum absolute atomic E-state index is 0.237.